The van der Waals surface area contributed by atoms with Crippen LogP contribution in [0, 0.1) is 5.82 Å². The van der Waals surface area contributed by atoms with E-state index in [4.69, 9.17) is 23.2 Å². The lowest BCUT2D eigenvalue weighted by Gasteiger charge is -2.15. The molecule has 0 bridgehead atoms. The van der Waals surface area contributed by atoms with E-state index in [9.17, 15) is 14.3 Å². The first-order valence-corrected chi connectivity index (χ1v) is 9.04. The fourth-order valence-electron chi connectivity index (χ4n) is 2.76. The third kappa shape index (κ3) is 4.49. The molecule has 0 saturated heterocycles. The summed E-state index contributed by atoms with van der Waals surface area (Å²) in [6.45, 7) is 3.64. The summed E-state index contributed by atoms with van der Waals surface area (Å²) < 4.78 is 14.8. The Labute approximate surface area is 163 Å². The van der Waals surface area contributed by atoms with Crippen LogP contribution in [0.4, 0.5) is 4.39 Å². The number of hydrogen-bond acceptors (Lipinski definition) is 2. The van der Waals surface area contributed by atoms with Gasteiger partial charge in [0.1, 0.15) is 11.6 Å². The molecule has 0 aromatic heterocycles. The van der Waals surface area contributed by atoms with Gasteiger partial charge in [-0.1, -0.05) is 43.1 Å². The molecule has 3 nitrogen and oxygen atoms in total. The average molecular weight is 398 g/mol. The van der Waals surface area contributed by atoms with Crippen molar-refractivity contribution in [3.63, 3.8) is 0 Å². The lowest BCUT2D eigenvalue weighted by molar-refractivity contribution is -0.127. The Morgan fingerprint density at radius 2 is 1.77 bits per heavy atom. The Kier molecular flexibility index (Phi) is 6.53. The lowest BCUT2D eigenvalue weighted by Crippen LogP contribution is -2.23. The highest BCUT2D eigenvalue weighted by atomic mass is 35.5. The zero-order valence-electron chi connectivity index (χ0n) is 15.2. The Morgan fingerprint density at radius 1 is 1.19 bits per heavy atom. The van der Waals surface area contributed by atoms with Crippen molar-refractivity contribution in [2.45, 2.75) is 32.6 Å². The SMILES string of the molecule is CC(C)c1c(O)ccc(Cc2c(Cl)cc(CC(=O)N(C)C)cc2Cl)c1F. The predicted octanol–water partition coefficient (Wildman–Crippen LogP) is 5.18. The van der Waals surface area contributed by atoms with Crippen LogP contribution in [-0.4, -0.2) is 30.0 Å². The number of amides is 1. The molecule has 0 aliphatic heterocycles. The van der Waals surface area contributed by atoms with Gasteiger partial charge < -0.3 is 10.0 Å². The van der Waals surface area contributed by atoms with Crippen LogP contribution < -0.4 is 0 Å². The summed E-state index contributed by atoms with van der Waals surface area (Å²) in [5.74, 6) is -0.716. The Balaban J connectivity index is 2.37. The summed E-state index contributed by atoms with van der Waals surface area (Å²) in [5.41, 5.74) is 1.99. The molecular weight excluding hydrogens is 376 g/mol. The molecule has 1 amide bonds. The van der Waals surface area contributed by atoms with Crippen LogP contribution >= 0.6 is 23.2 Å². The van der Waals surface area contributed by atoms with Crippen molar-refractivity contribution >= 4 is 29.1 Å². The molecule has 0 aliphatic rings. The number of benzene rings is 2. The number of rotatable bonds is 5. The maximum absolute atomic E-state index is 14.8. The highest BCUT2D eigenvalue weighted by Crippen LogP contribution is 2.34. The number of phenols is 1. The second kappa shape index (κ2) is 8.28. The molecule has 0 saturated carbocycles. The normalized spacial score (nSPS) is 11.1. The second-order valence-electron chi connectivity index (χ2n) is 6.81. The van der Waals surface area contributed by atoms with Gasteiger partial charge in [-0.05, 0) is 40.8 Å². The topological polar surface area (TPSA) is 40.5 Å². The van der Waals surface area contributed by atoms with E-state index in [0.29, 0.717) is 26.7 Å². The van der Waals surface area contributed by atoms with Crippen molar-refractivity contribution in [2.24, 2.45) is 0 Å². The van der Waals surface area contributed by atoms with E-state index in [1.54, 1.807) is 26.2 Å². The highest BCUT2D eigenvalue weighted by molar-refractivity contribution is 6.36. The van der Waals surface area contributed by atoms with Gasteiger partial charge in [0, 0.05) is 36.1 Å². The fraction of sp³-hybridized carbons (Fsp3) is 0.350. The number of halogens is 3. The number of carbonyl (C=O) groups is 1. The van der Waals surface area contributed by atoms with Gasteiger partial charge in [0.15, 0.2) is 0 Å². The molecule has 0 spiro atoms. The second-order valence-corrected chi connectivity index (χ2v) is 7.62. The maximum Gasteiger partial charge on any atom is 0.226 e. The van der Waals surface area contributed by atoms with E-state index in [1.165, 1.54) is 17.0 Å². The molecule has 1 N–H and O–H groups in total. The Bertz CT molecular complexity index is 812. The standard InChI is InChI=1S/C20H22Cl2FNO2/c1-11(2)19-17(25)6-5-13(20(19)23)10-14-15(21)7-12(8-16(14)22)9-18(26)24(3)4/h5-8,11,25H,9-10H2,1-4H3. The van der Waals surface area contributed by atoms with Gasteiger partial charge >= 0.3 is 0 Å². The van der Waals surface area contributed by atoms with Gasteiger partial charge in [0.25, 0.3) is 0 Å². The van der Waals surface area contributed by atoms with Crippen molar-refractivity contribution in [2.75, 3.05) is 14.1 Å². The third-order valence-corrected chi connectivity index (χ3v) is 4.91. The highest BCUT2D eigenvalue weighted by Gasteiger charge is 2.19. The molecule has 2 rings (SSSR count). The zero-order valence-corrected chi connectivity index (χ0v) is 16.7. The molecule has 2 aromatic carbocycles. The minimum atomic E-state index is -0.445. The summed E-state index contributed by atoms with van der Waals surface area (Å²) in [6, 6.07) is 6.39. The third-order valence-electron chi connectivity index (χ3n) is 4.24. The number of aromatic hydroxyl groups is 1. The zero-order chi connectivity index (χ0) is 19.6. The average Bonchev–Trinajstić information content (AvgIpc) is 2.52. The van der Waals surface area contributed by atoms with Gasteiger partial charge in [0.2, 0.25) is 5.91 Å². The summed E-state index contributed by atoms with van der Waals surface area (Å²) in [5, 5.41) is 10.7. The molecule has 6 heteroatoms. The quantitative estimate of drug-likeness (QED) is 0.754. The number of nitrogens with zero attached hydrogens (tertiary/aromatic N) is 1. The van der Waals surface area contributed by atoms with Crippen LogP contribution in [0.3, 0.4) is 0 Å². The Hall–Kier alpha value is -1.78. The number of hydrogen-bond donors (Lipinski definition) is 1. The van der Waals surface area contributed by atoms with E-state index in [-0.39, 0.29) is 36.0 Å². The summed E-state index contributed by atoms with van der Waals surface area (Å²) in [4.78, 5) is 13.4. The summed E-state index contributed by atoms with van der Waals surface area (Å²) in [6.07, 6.45) is 0.392. The molecule has 0 radical (unpaired) electrons. The molecule has 26 heavy (non-hydrogen) atoms. The van der Waals surface area contributed by atoms with Gasteiger partial charge in [-0.25, -0.2) is 4.39 Å². The number of carbonyl (C=O) groups excluding carboxylic acids is 1. The maximum atomic E-state index is 14.8. The first-order valence-electron chi connectivity index (χ1n) is 8.29. The first kappa shape index (κ1) is 20.5. The molecular formula is C20H22Cl2FNO2. The minimum Gasteiger partial charge on any atom is -0.508 e. The van der Waals surface area contributed by atoms with Crippen molar-refractivity contribution in [3.8, 4) is 5.75 Å². The molecule has 140 valence electrons. The summed E-state index contributed by atoms with van der Waals surface area (Å²) >= 11 is 12.7. The van der Waals surface area contributed by atoms with Crippen molar-refractivity contribution in [1.29, 1.82) is 0 Å². The van der Waals surface area contributed by atoms with Gasteiger partial charge in [0.05, 0.1) is 6.42 Å². The van der Waals surface area contributed by atoms with Crippen LogP contribution in [0.5, 0.6) is 5.75 Å². The minimum absolute atomic E-state index is 0.0592. The van der Waals surface area contributed by atoms with Crippen molar-refractivity contribution in [3.05, 3.63) is 62.4 Å². The smallest absolute Gasteiger partial charge is 0.226 e. The predicted molar refractivity (Wildman–Crippen MR) is 104 cm³/mol. The van der Waals surface area contributed by atoms with Crippen molar-refractivity contribution in [1.82, 2.24) is 4.90 Å². The lowest BCUT2D eigenvalue weighted by atomic mass is 9.95. The van der Waals surface area contributed by atoms with Crippen LogP contribution in [-0.2, 0) is 17.6 Å². The number of phenolic OH excluding ortho intramolecular Hbond substituents is 1. The monoisotopic (exact) mass is 397 g/mol. The fourth-order valence-corrected chi connectivity index (χ4v) is 3.43. The van der Waals surface area contributed by atoms with E-state index >= 15 is 0 Å². The van der Waals surface area contributed by atoms with Gasteiger partial charge in [-0.15, -0.1) is 0 Å². The molecule has 0 heterocycles. The van der Waals surface area contributed by atoms with Gasteiger partial charge in [-0.3, -0.25) is 4.79 Å². The number of likely N-dealkylation sites (N-methyl/N-ethyl adjacent to an activating group) is 1. The van der Waals surface area contributed by atoms with E-state index < -0.39 is 5.82 Å². The van der Waals surface area contributed by atoms with E-state index in [1.807, 2.05) is 13.8 Å². The van der Waals surface area contributed by atoms with E-state index in [2.05, 4.69) is 0 Å². The molecule has 0 unspecified atom stereocenters. The van der Waals surface area contributed by atoms with Crippen molar-refractivity contribution < 1.29 is 14.3 Å². The van der Waals surface area contributed by atoms with Crippen LogP contribution in [0.15, 0.2) is 24.3 Å². The van der Waals surface area contributed by atoms with Crippen LogP contribution in [0.1, 0.15) is 42.0 Å². The molecule has 0 atom stereocenters. The molecule has 0 fully saturated rings. The first-order chi connectivity index (χ1) is 12.1. The summed E-state index contributed by atoms with van der Waals surface area (Å²) in [7, 11) is 3.36. The van der Waals surface area contributed by atoms with E-state index in [0.717, 1.165) is 0 Å². The molecule has 0 aliphatic carbocycles. The van der Waals surface area contributed by atoms with Gasteiger partial charge in [-0.2, -0.15) is 0 Å². The largest absolute Gasteiger partial charge is 0.508 e. The Morgan fingerprint density at radius 3 is 2.27 bits per heavy atom. The molecule has 2 aromatic rings. The van der Waals surface area contributed by atoms with Crippen LogP contribution in [0.25, 0.3) is 0 Å². The van der Waals surface area contributed by atoms with Crippen LogP contribution in [0.2, 0.25) is 10.0 Å².